The second-order valence-corrected chi connectivity index (χ2v) is 7.67. The van der Waals surface area contributed by atoms with Gasteiger partial charge in [-0.2, -0.15) is 0 Å². The molecule has 1 aromatic rings. The monoisotopic (exact) mass is 536 g/mol. The third kappa shape index (κ3) is 5.67. The smallest absolute Gasteiger partial charge is 0.341 e. The number of rotatable bonds is 10. The Kier molecular flexibility index (Phi) is 8.40. The number of aliphatic hydroxyl groups is 1. The molecule has 3 atom stereocenters. The molecule has 1 aliphatic heterocycles. The van der Waals surface area contributed by atoms with E-state index < -0.39 is 48.5 Å². The predicted molar refractivity (Wildman–Crippen MR) is 109 cm³/mol. The lowest BCUT2D eigenvalue weighted by Crippen LogP contribution is -2.69. The van der Waals surface area contributed by atoms with Crippen LogP contribution in [0.25, 0.3) is 0 Å². The first-order valence-electron chi connectivity index (χ1n) is 8.22. The summed E-state index contributed by atoms with van der Waals surface area (Å²) in [5, 5.41) is 21.2. The Labute approximate surface area is 183 Å². The molecule has 0 aliphatic carbocycles. The van der Waals surface area contributed by atoms with Gasteiger partial charge in [0.05, 0.1) is 6.04 Å². The van der Waals surface area contributed by atoms with E-state index in [4.69, 9.17) is 5.11 Å². The molecule has 1 aliphatic rings. The number of nitrogens with one attached hydrogen (secondary N) is 1. The van der Waals surface area contributed by atoms with Crippen LogP contribution in [0.3, 0.4) is 0 Å². The highest BCUT2D eigenvalue weighted by Crippen LogP contribution is 2.30. The number of hydrogen-bond acceptors (Lipinski definition) is 8. The van der Waals surface area contributed by atoms with Gasteiger partial charge >= 0.3 is 11.9 Å². The summed E-state index contributed by atoms with van der Waals surface area (Å²) in [6.07, 6.45) is -1.10. The first kappa shape index (κ1) is 23.1. The van der Waals surface area contributed by atoms with Crippen LogP contribution in [0.5, 0.6) is 0 Å². The summed E-state index contributed by atoms with van der Waals surface area (Å²) in [6.45, 7) is -0.762. The summed E-state index contributed by atoms with van der Waals surface area (Å²) in [7, 11) is 0. The maximum atomic E-state index is 12.4. The first-order chi connectivity index (χ1) is 13.8. The fraction of sp³-hybridized carbons (Fsp3) is 0.353. The molecule has 29 heavy (non-hydrogen) atoms. The molecular weight excluding hydrogens is 519 g/mol. The minimum atomic E-state index is -1.62. The first-order valence-corrected chi connectivity index (χ1v) is 10.7. The van der Waals surface area contributed by atoms with Crippen molar-refractivity contribution >= 4 is 64.6 Å². The number of aldehydes is 1. The number of alkyl halides is 1. The number of nitrogens with zero attached hydrogens (tertiary/aromatic N) is 1. The minimum Gasteiger partial charge on any atom is -0.479 e. The maximum Gasteiger partial charge on any atom is 0.341 e. The summed E-state index contributed by atoms with van der Waals surface area (Å²) in [6, 6.07) is 4.75. The van der Waals surface area contributed by atoms with Crippen molar-refractivity contribution in [2.75, 3.05) is 16.8 Å². The quantitative estimate of drug-likeness (QED) is 0.0934. The van der Waals surface area contributed by atoms with Crippen molar-refractivity contribution in [3.05, 3.63) is 35.4 Å². The minimum absolute atomic E-state index is 0.130. The third-order valence-corrected chi connectivity index (χ3v) is 5.97. The lowest BCUT2D eigenvalue weighted by atomic mass is 9.98. The van der Waals surface area contributed by atoms with Gasteiger partial charge in [-0.25, -0.2) is 4.79 Å². The van der Waals surface area contributed by atoms with E-state index in [2.05, 4.69) is 10.1 Å². The van der Waals surface area contributed by atoms with E-state index in [9.17, 15) is 29.1 Å². The number of benzene rings is 1. The van der Waals surface area contributed by atoms with Crippen molar-refractivity contribution in [2.45, 2.75) is 18.2 Å². The topological polar surface area (TPSA) is 150 Å². The summed E-state index contributed by atoms with van der Waals surface area (Å²) in [5.41, 5.74) is 0.294. The van der Waals surface area contributed by atoms with E-state index >= 15 is 0 Å². The molecular formula is C17H17IN2O8S. The number of carbonyl (C=O) groups excluding carboxylic acids is 4. The fourth-order valence-electron chi connectivity index (χ4n) is 2.53. The largest absolute Gasteiger partial charge is 0.479 e. The average Bonchev–Trinajstić information content (AvgIpc) is 2.72. The van der Waals surface area contributed by atoms with Crippen LogP contribution < -0.4 is 5.32 Å². The van der Waals surface area contributed by atoms with Gasteiger partial charge < -0.3 is 20.3 Å². The summed E-state index contributed by atoms with van der Waals surface area (Å²) in [4.78, 5) is 57.6. The SMILES string of the molecule is O=Cc1ccccc1C(O)C(=O)N[C@@H]1C(=O)N(SCC(=O)OCC(=O)O)[C@@H]1CI. The van der Waals surface area contributed by atoms with Crippen molar-refractivity contribution in [3.63, 3.8) is 0 Å². The second kappa shape index (κ2) is 10.5. The summed E-state index contributed by atoms with van der Waals surface area (Å²) in [5.74, 6) is -3.62. The van der Waals surface area contributed by atoms with Crippen molar-refractivity contribution in [1.82, 2.24) is 9.62 Å². The van der Waals surface area contributed by atoms with E-state index in [1.807, 2.05) is 22.6 Å². The van der Waals surface area contributed by atoms with Crippen LogP contribution in [0.2, 0.25) is 0 Å². The van der Waals surface area contributed by atoms with Crippen molar-refractivity contribution in [3.8, 4) is 0 Å². The number of carboxylic acid groups (broad SMARTS) is 1. The number of aliphatic hydroxyl groups excluding tert-OH is 1. The van der Waals surface area contributed by atoms with Crippen LogP contribution in [0, 0.1) is 0 Å². The van der Waals surface area contributed by atoms with Crippen LogP contribution in [-0.4, -0.2) is 73.4 Å². The van der Waals surface area contributed by atoms with E-state index in [1.54, 1.807) is 12.1 Å². The molecule has 0 radical (unpaired) electrons. The number of carboxylic acids is 1. The molecule has 3 N–H and O–H groups in total. The van der Waals surface area contributed by atoms with E-state index in [0.29, 0.717) is 10.7 Å². The maximum absolute atomic E-state index is 12.4. The van der Waals surface area contributed by atoms with Gasteiger partial charge in [0.15, 0.2) is 12.7 Å². The molecule has 1 unspecified atom stereocenters. The van der Waals surface area contributed by atoms with Gasteiger partial charge in [0.2, 0.25) is 0 Å². The molecule has 156 valence electrons. The molecule has 1 fully saturated rings. The lowest BCUT2D eigenvalue weighted by molar-refractivity contribution is -0.153. The normalized spacial score (nSPS) is 19.1. The van der Waals surface area contributed by atoms with E-state index in [0.717, 1.165) is 11.9 Å². The van der Waals surface area contributed by atoms with Crippen molar-refractivity contribution in [1.29, 1.82) is 0 Å². The molecule has 2 amide bonds. The molecule has 1 heterocycles. The Morgan fingerprint density at radius 2 is 2.03 bits per heavy atom. The summed E-state index contributed by atoms with van der Waals surface area (Å²) < 4.78 is 6.22. The average molecular weight is 536 g/mol. The van der Waals surface area contributed by atoms with Gasteiger partial charge in [0.25, 0.3) is 11.8 Å². The highest BCUT2D eigenvalue weighted by atomic mass is 127. The summed E-state index contributed by atoms with van der Waals surface area (Å²) >= 11 is 2.87. The number of amides is 2. The van der Waals surface area contributed by atoms with E-state index in [1.165, 1.54) is 16.4 Å². The number of hydrogen-bond donors (Lipinski definition) is 3. The zero-order valence-electron chi connectivity index (χ0n) is 14.8. The Bertz CT molecular complexity index is 820. The number of carbonyl (C=O) groups is 5. The predicted octanol–water partition coefficient (Wildman–Crippen LogP) is -0.0609. The van der Waals surface area contributed by atoms with Crippen LogP contribution in [0.1, 0.15) is 22.0 Å². The Morgan fingerprint density at radius 1 is 1.34 bits per heavy atom. The second-order valence-electron chi connectivity index (χ2n) is 5.85. The Balaban J connectivity index is 1.93. The molecule has 0 aromatic heterocycles. The van der Waals surface area contributed by atoms with Gasteiger partial charge in [0, 0.05) is 15.6 Å². The third-order valence-electron chi connectivity index (χ3n) is 3.97. The highest BCUT2D eigenvalue weighted by molar-refractivity contribution is 14.1. The number of halogens is 1. The molecule has 1 aromatic carbocycles. The Hall–Kier alpha value is -2.19. The molecule has 12 heteroatoms. The van der Waals surface area contributed by atoms with Crippen LogP contribution >= 0.6 is 34.5 Å². The van der Waals surface area contributed by atoms with Gasteiger partial charge in [-0.15, -0.1) is 0 Å². The zero-order valence-corrected chi connectivity index (χ0v) is 17.8. The molecule has 0 bridgehead atoms. The van der Waals surface area contributed by atoms with Gasteiger partial charge in [0.1, 0.15) is 18.1 Å². The molecule has 10 nitrogen and oxygen atoms in total. The van der Waals surface area contributed by atoms with E-state index in [-0.39, 0.29) is 16.9 Å². The zero-order chi connectivity index (χ0) is 21.6. The van der Waals surface area contributed by atoms with Crippen LogP contribution in [0.4, 0.5) is 0 Å². The fourth-order valence-corrected chi connectivity index (χ4v) is 4.66. The van der Waals surface area contributed by atoms with Gasteiger partial charge in [-0.3, -0.25) is 23.5 Å². The molecule has 1 saturated heterocycles. The number of aliphatic carboxylic acids is 1. The molecule has 0 saturated carbocycles. The number of esters is 1. The highest BCUT2D eigenvalue weighted by Gasteiger charge is 2.48. The molecule has 2 rings (SSSR count). The van der Waals surface area contributed by atoms with Crippen LogP contribution in [-0.2, 0) is 23.9 Å². The standard InChI is InChI=1S/C17H17IN2O8S/c18-5-11-14(17(27)20(11)29-8-13(24)28-7-12(22)23)19-16(26)15(25)10-4-2-1-3-9(10)6-21/h1-4,6,11,14-15,25H,5,7-8H2,(H,19,26)(H,22,23)/t11-,14+,15?/m1/s1. The van der Waals surface area contributed by atoms with Crippen molar-refractivity contribution in [2.24, 2.45) is 0 Å². The lowest BCUT2D eigenvalue weighted by Gasteiger charge is -2.45. The van der Waals surface area contributed by atoms with Crippen molar-refractivity contribution < 1.29 is 38.9 Å². The number of ether oxygens (including phenoxy) is 1. The van der Waals surface area contributed by atoms with Gasteiger partial charge in [-0.1, -0.05) is 46.9 Å². The van der Waals surface area contributed by atoms with Gasteiger partial charge in [-0.05, 0) is 11.9 Å². The van der Waals surface area contributed by atoms with Crippen LogP contribution in [0.15, 0.2) is 24.3 Å². The number of β-lactam (4-membered cyclic amide) rings is 1. The molecule has 0 spiro atoms. The Morgan fingerprint density at radius 3 is 2.66 bits per heavy atom.